The van der Waals surface area contributed by atoms with E-state index in [1.54, 1.807) is 11.3 Å². The van der Waals surface area contributed by atoms with Crippen molar-refractivity contribution in [2.75, 3.05) is 7.05 Å². The molecule has 2 nitrogen and oxygen atoms in total. The molecule has 62 valence electrons. The summed E-state index contributed by atoms with van der Waals surface area (Å²) in [4.78, 5) is 0. The molecule has 0 spiro atoms. The van der Waals surface area contributed by atoms with Crippen LogP contribution in [0.2, 0.25) is 0 Å². The second-order valence-corrected chi connectivity index (χ2v) is 3.36. The van der Waals surface area contributed by atoms with Crippen molar-refractivity contribution in [1.29, 1.82) is 0 Å². The number of aliphatic hydroxyl groups excluding tert-OH is 1. The van der Waals surface area contributed by atoms with Crippen LogP contribution in [0, 0.1) is 0 Å². The van der Waals surface area contributed by atoms with E-state index in [0.717, 1.165) is 5.56 Å². The number of hydrogen-bond donors (Lipinski definition) is 2. The Labute approximate surface area is 70.9 Å². The summed E-state index contributed by atoms with van der Waals surface area (Å²) in [6.07, 6.45) is -0.383. The van der Waals surface area contributed by atoms with Gasteiger partial charge in [-0.3, -0.25) is 0 Å². The SMILES string of the molecule is CN[C@@H](C)[C@@H](O)c1ccsc1. The van der Waals surface area contributed by atoms with Gasteiger partial charge in [-0.25, -0.2) is 0 Å². The van der Waals surface area contributed by atoms with Gasteiger partial charge in [0.2, 0.25) is 0 Å². The molecule has 0 saturated carbocycles. The van der Waals surface area contributed by atoms with Gasteiger partial charge in [-0.15, -0.1) is 0 Å². The zero-order valence-corrected chi connectivity index (χ0v) is 7.56. The summed E-state index contributed by atoms with van der Waals surface area (Å²) in [5.74, 6) is 0. The Morgan fingerprint density at radius 3 is 2.82 bits per heavy atom. The molecule has 1 aromatic rings. The Morgan fingerprint density at radius 2 is 2.36 bits per heavy atom. The van der Waals surface area contributed by atoms with Crippen LogP contribution in [0.4, 0.5) is 0 Å². The molecule has 0 unspecified atom stereocenters. The van der Waals surface area contributed by atoms with Gasteiger partial charge in [0, 0.05) is 6.04 Å². The second kappa shape index (κ2) is 3.85. The summed E-state index contributed by atoms with van der Waals surface area (Å²) < 4.78 is 0. The first kappa shape index (κ1) is 8.71. The van der Waals surface area contributed by atoms with Crippen LogP contribution >= 0.6 is 11.3 Å². The zero-order chi connectivity index (χ0) is 8.27. The van der Waals surface area contributed by atoms with Gasteiger partial charge in [-0.2, -0.15) is 11.3 Å². The van der Waals surface area contributed by atoms with Gasteiger partial charge in [-0.1, -0.05) is 0 Å². The minimum absolute atomic E-state index is 0.115. The molecule has 0 bridgehead atoms. The van der Waals surface area contributed by atoms with Crippen LogP contribution in [-0.2, 0) is 0 Å². The van der Waals surface area contributed by atoms with Gasteiger partial charge in [0.1, 0.15) is 0 Å². The first-order chi connectivity index (χ1) is 5.25. The average Bonchev–Trinajstić information content (AvgIpc) is 2.53. The molecule has 2 N–H and O–H groups in total. The lowest BCUT2D eigenvalue weighted by Crippen LogP contribution is -2.28. The molecule has 2 atom stereocenters. The van der Waals surface area contributed by atoms with E-state index in [2.05, 4.69) is 5.32 Å². The molecular weight excluding hydrogens is 158 g/mol. The van der Waals surface area contributed by atoms with E-state index in [-0.39, 0.29) is 12.1 Å². The third-order valence-corrected chi connectivity index (χ3v) is 2.52. The molecule has 0 radical (unpaired) electrons. The predicted octanol–water partition coefficient (Wildman–Crippen LogP) is 1.39. The lowest BCUT2D eigenvalue weighted by molar-refractivity contribution is 0.140. The monoisotopic (exact) mass is 171 g/mol. The van der Waals surface area contributed by atoms with E-state index in [0.29, 0.717) is 0 Å². The number of thiophene rings is 1. The Kier molecular flexibility index (Phi) is 3.05. The largest absolute Gasteiger partial charge is 0.387 e. The van der Waals surface area contributed by atoms with E-state index < -0.39 is 0 Å². The molecule has 0 fully saturated rings. The van der Waals surface area contributed by atoms with Crippen LogP contribution in [0.15, 0.2) is 16.8 Å². The number of likely N-dealkylation sites (N-methyl/N-ethyl adjacent to an activating group) is 1. The summed E-state index contributed by atoms with van der Waals surface area (Å²) in [6.45, 7) is 1.96. The van der Waals surface area contributed by atoms with Crippen LogP contribution in [0.1, 0.15) is 18.6 Å². The number of rotatable bonds is 3. The molecule has 0 aromatic carbocycles. The fraction of sp³-hybridized carbons (Fsp3) is 0.500. The Morgan fingerprint density at radius 1 is 1.64 bits per heavy atom. The molecule has 11 heavy (non-hydrogen) atoms. The Balaban J connectivity index is 2.62. The molecule has 1 heterocycles. The van der Waals surface area contributed by atoms with Gasteiger partial charge < -0.3 is 10.4 Å². The van der Waals surface area contributed by atoms with Crippen LogP contribution in [0.25, 0.3) is 0 Å². The van der Waals surface area contributed by atoms with E-state index in [1.165, 1.54) is 0 Å². The molecule has 0 amide bonds. The molecule has 3 heteroatoms. The van der Waals surface area contributed by atoms with Crippen LogP contribution in [-0.4, -0.2) is 18.2 Å². The van der Waals surface area contributed by atoms with E-state index in [9.17, 15) is 5.11 Å². The van der Waals surface area contributed by atoms with E-state index in [4.69, 9.17) is 0 Å². The lowest BCUT2D eigenvalue weighted by Gasteiger charge is -2.16. The summed E-state index contributed by atoms with van der Waals surface area (Å²) >= 11 is 1.61. The lowest BCUT2D eigenvalue weighted by atomic mass is 10.1. The maximum atomic E-state index is 9.62. The number of hydrogen-bond acceptors (Lipinski definition) is 3. The summed E-state index contributed by atoms with van der Waals surface area (Å²) in [6, 6.07) is 2.06. The fourth-order valence-electron chi connectivity index (χ4n) is 0.890. The quantitative estimate of drug-likeness (QED) is 0.720. The molecule has 1 rings (SSSR count). The van der Waals surface area contributed by atoms with Crippen molar-refractivity contribution in [3.63, 3.8) is 0 Å². The van der Waals surface area contributed by atoms with Crippen molar-refractivity contribution in [3.8, 4) is 0 Å². The minimum Gasteiger partial charge on any atom is -0.387 e. The number of aliphatic hydroxyl groups is 1. The average molecular weight is 171 g/mol. The van der Waals surface area contributed by atoms with Crippen LogP contribution in [0.5, 0.6) is 0 Å². The van der Waals surface area contributed by atoms with Crippen molar-refractivity contribution in [2.24, 2.45) is 0 Å². The highest BCUT2D eigenvalue weighted by Crippen LogP contribution is 2.18. The predicted molar refractivity (Wildman–Crippen MR) is 47.8 cm³/mol. The Hall–Kier alpha value is -0.380. The smallest absolute Gasteiger partial charge is 0.0948 e. The molecule has 0 aliphatic heterocycles. The van der Waals surface area contributed by atoms with Crippen molar-refractivity contribution in [2.45, 2.75) is 19.1 Å². The van der Waals surface area contributed by atoms with Gasteiger partial charge in [0.25, 0.3) is 0 Å². The Bertz CT molecular complexity index is 198. The zero-order valence-electron chi connectivity index (χ0n) is 6.74. The summed E-state index contributed by atoms with van der Waals surface area (Å²) in [5, 5.41) is 16.6. The summed E-state index contributed by atoms with van der Waals surface area (Å²) in [7, 11) is 1.85. The second-order valence-electron chi connectivity index (χ2n) is 2.58. The standard InChI is InChI=1S/C8H13NOS/c1-6(9-2)8(10)7-3-4-11-5-7/h3-6,8-10H,1-2H3/t6-,8+/m0/s1. The first-order valence-electron chi connectivity index (χ1n) is 3.63. The van der Waals surface area contributed by atoms with Crippen molar-refractivity contribution in [3.05, 3.63) is 22.4 Å². The highest BCUT2D eigenvalue weighted by molar-refractivity contribution is 7.07. The normalized spacial score (nSPS) is 16.3. The maximum Gasteiger partial charge on any atom is 0.0948 e. The summed E-state index contributed by atoms with van der Waals surface area (Å²) in [5.41, 5.74) is 0.997. The van der Waals surface area contributed by atoms with Crippen molar-refractivity contribution in [1.82, 2.24) is 5.32 Å². The third kappa shape index (κ3) is 2.02. The molecule has 0 saturated heterocycles. The first-order valence-corrected chi connectivity index (χ1v) is 4.57. The molecular formula is C8H13NOS. The van der Waals surface area contributed by atoms with E-state index in [1.807, 2.05) is 30.8 Å². The highest BCUT2D eigenvalue weighted by Gasteiger charge is 2.13. The highest BCUT2D eigenvalue weighted by atomic mass is 32.1. The third-order valence-electron chi connectivity index (χ3n) is 1.81. The van der Waals surface area contributed by atoms with Gasteiger partial charge in [-0.05, 0) is 36.4 Å². The van der Waals surface area contributed by atoms with Gasteiger partial charge in [0.05, 0.1) is 6.10 Å². The fourth-order valence-corrected chi connectivity index (χ4v) is 1.58. The minimum atomic E-state index is -0.383. The molecule has 0 aliphatic carbocycles. The van der Waals surface area contributed by atoms with Crippen LogP contribution < -0.4 is 5.32 Å². The molecule has 0 aliphatic rings. The van der Waals surface area contributed by atoms with Gasteiger partial charge >= 0.3 is 0 Å². The topological polar surface area (TPSA) is 32.3 Å². The van der Waals surface area contributed by atoms with Crippen LogP contribution in [0.3, 0.4) is 0 Å². The number of nitrogens with one attached hydrogen (secondary N) is 1. The van der Waals surface area contributed by atoms with Crippen molar-refractivity contribution < 1.29 is 5.11 Å². The van der Waals surface area contributed by atoms with Crippen molar-refractivity contribution >= 4 is 11.3 Å². The maximum absolute atomic E-state index is 9.62. The van der Waals surface area contributed by atoms with E-state index >= 15 is 0 Å². The molecule has 1 aromatic heterocycles. The van der Waals surface area contributed by atoms with Gasteiger partial charge in [0.15, 0.2) is 0 Å².